The van der Waals surface area contributed by atoms with E-state index in [4.69, 9.17) is 15.5 Å². The van der Waals surface area contributed by atoms with Gasteiger partial charge in [0.15, 0.2) is 0 Å². The number of carbonyl (C=O) groups is 3. The molecule has 1 fully saturated rings. The minimum Gasteiger partial charge on any atom is -0.442 e. The fraction of sp³-hybridized carbons (Fsp3) is 0.357. The second kappa shape index (κ2) is 7.41. The average Bonchev–Trinajstić information content (AvgIpc) is 2.92. The number of benzene rings is 1. The van der Waals surface area contributed by atoms with Crippen molar-refractivity contribution >= 4 is 18.0 Å². The van der Waals surface area contributed by atoms with Crippen molar-refractivity contribution in [2.24, 2.45) is 11.8 Å². The van der Waals surface area contributed by atoms with Crippen molar-refractivity contribution < 1.29 is 28.8 Å². The van der Waals surface area contributed by atoms with Crippen LogP contribution in [0.15, 0.2) is 30.3 Å². The molecule has 1 atom stereocenters. The van der Waals surface area contributed by atoms with E-state index in [1.54, 1.807) is 0 Å². The van der Waals surface area contributed by atoms with Crippen LogP contribution in [0.25, 0.3) is 0 Å². The summed E-state index contributed by atoms with van der Waals surface area (Å²) in [5.41, 5.74) is 0.823. The van der Waals surface area contributed by atoms with Crippen molar-refractivity contribution in [3.63, 3.8) is 0 Å². The predicted octanol–water partition coefficient (Wildman–Crippen LogP) is 0.910. The van der Waals surface area contributed by atoms with Gasteiger partial charge in [-0.2, -0.15) is 5.90 Å². The van der Waals surface area contributed by atoms with Gasteiger partial charge in [-0.1, -0.05) is 30.3 Å². The van der Waals surface area contributed by atoms with Crippen LogP contribution in [0.2, 0.25) is 0 Å². The van der Waals surface area contributed by atoms with Crippen molar-refractivity contribution in [3.8, 4) is 0 Å². The van der Waals surface area contributed by atoms with Gasteiger partial charge < -0.3 is 14.4 Å². The Morgan fingerprint density at radius 2 is 2.05 bits per heavy atom. The summed E-state index contributed by atoms with van der Waals surface area (Å²) in [6.07, 6.45) is -0.582. The zero-order valence-electron chi connectivity index (χ0n) is 11.8. The molecule has 1 amide bonds. The van der Waals surface area contributed by atoms with Crippen molar-refractivity contribution in [1.82, 2.24) is 5.06 Å². The molecule has 2 N–H and O–H groups in total. The average molecular weight is 308 g/mol. The van der Waals surface area contributed by atoms with E-state index in [0.717, 1.165) is 10.6 Å². The van der Waals surface area contributed by atoms with Gasteiger partial charge in [0.25, 0.3) is 0 Å². The molecule has 0 saturated carbocycles. The Bertz CT molecular complexity index is 548. The first-order valence-corrected chi connectivity index (χ1v) is 6.69. The van der Waals surface area contributed by atoms with E-state index in [1.165, 1.54) is 0 Å². The van der Waals surface area contributed by atoms with Crippen molar-refractivity contribution in [1.29, 1.82) is 0 Å². The maximum Gasteiger partial charge on any atom is 0.443 e. The molecule has 22 heavy (non-hydrogen) atoms. The van der Waals surface area contributed by atoms with E-state index in [1.807, 2.05) is 30.3 Å². The molecule has 8 heteroatoms. The summed E-state index contributed by atoms with van der Waals surface area (Å²) in [5, 5.41) is 0.851. The fourth-order valence-corrected chi connectivity index (χ4v) is 1.96. The highest BCUT2D eigenvalue weighted by Gasteiger charge is 2.37. The SMILES string of the molecule is NOC(=O)CCC1CN(C(=O)OCc2ccccc2)OC1=O. The highest BCUT2D eigenvalue weighted by Crippen LogP contribution is 2.20. The normalized spacial score (nSPS) is 17.0. The third kappa shape index (κ3) is 4.19. The van der Waals surface area contributed by atoms with E-state index in [9.17, 15) is 14.4 Å². The summed E-state index contributed by atoms with van der Waals surface area (Å²) in [7, 11) is 0. The number of amides is 1. The second-order valence-corrected chi connectivity index (χ2v) is 4.74. The molecule has 0 spiro atoms. The van der Waals surface area contributed by atoms with E-state index < -0.39 is 23.9 Å². The van der Waals surface area contributed by atoms with Crippen LogP contribution >= 0.6 is 0 Å². The topological polar surface area (TPSA) is 108 Å². The second-order valence-electron chi connectivity index (χ2n) is 4.74. The molecule has 118 valence electrons. The highest BCUT2D eigenvalue weighted by atomic mass is 16.8. The van der Waals surface area contributed by atoms with Gasteiger partial charge in [0.1, 0.15) is 6.61 Å². The van der Waals surface area contributed by atoms with Crippen LogP contribution in [-0.2, 0) is 30.6 Å². The lowest BCUT2D eigenvalue weighted by molar-refractivity contribution is -0.165. The number of rotatable bonds is 5. The Balaban J connectivity index is 1.79. The zero-order chi connectivity index (χ0) is 15.9. The van der Waals surface area contributed by atoms with Crippen LogP contribution in [0.5, 0.6) is 0 Å². The van der Waals surface area contributed by atoms with Crippen LogP contribution in [-0.4, -0.2) is 29.6 Å². The lowest BCUT2D eigenvalue weighted by atomic mass is 10.0. The first-order valence-electron chi connectivity index (χ1n) is 6.69. The van der Waals surface area contributed by atoms with Crippen LogP contribution in [0.3, 0.4) is 0 Å². The summed E-state index contributed by atoms with van der Waals surface area (Å²) in [6, 6.07) is 9.12. The fourth-order valence-electron chi connectivity index (χ4n) is 1.96. The molecule has 1 aliphatic rings. The molecule has 0 radical (unpaired) electrons. The van der Waals surface area contributed by atoms with E-state index >= 15 is 0 Å². The number of nitrogens with two attached hydrogens (primary N) is 1. The molecule has 0 aliphatic carbocycles. The Labute approximate surface area is 126 Å². The highest BCUT2D eigenvalue weighted by molar-refractivity contribution is 5.79. The molecule has 1 aliphatic heterocycles. The Hall–Kier alpha value is -2.61. The molecular weight excluding hydrogens is 292 g/mol. The number of nitrogens with zero attached hydrogens (tertiary/aromatic N) is 1. The van der Waals surface area contributed by atoms with Crippen LogP contribution < -0.4 is 5.90 Å². The quantitative estimate of drug-likeness (QED) is 0.805. The summed E-state index contributed by atoms with van der Waals surface area (Å²) in [4.78, 5) is 43.2. The molecule has 1 saturated heterocycles. The first-order chi connectivity index (χ1) is 10.6. The maximum atomic E-state index is 11.8. The number of hydrogen-bond acceptors (Lipinski definition) is 7. The summed E-state index contributed by atoms with van der Waals surface area (Å²) >= 11 is 0. The van der Waals surface area contributed by atoms with Gasteiger partial charge in [0.2, 0.25) is 0 Å². The summed E-state index contributed by atoms with van der Waals surface area (Å²) in [5.74, 6) is 2.91. The van der Waals surface area contributed by atoms with E-state index in [-0.39, 0.29) is 26.0 Å². The van der Waals surface area contributed by atoms with Crippen molar-refractivity contribution in [2.75, 3.05) is 6.54 Å². The minimum atomic E-state index is -0.749. The molecule has 1 aromatic rings. The van der Waals surface area contributed by atoms with Gasteiger partial charge in [0, 0.05) is 6.42 Å². The monoisotopic (exact) mass is 308 g/mol. The lowest BCUT2D eigenvalue weighted by Crippen LogP contribution is -2.28. The zero-order valence-corrected chi connectivity index (χ0v) is 11.8. The predicted molar refractivity (Wildman–Crippen MR) is 72.4 cm³/mol. The molecule has 2 rings (SSSR count). The van der Waals surface area contributed by atoms with Gasteiger partial charge in [-0.25, -0.2) is 9.59 Å². The summed E-state index contributed by atoms with van der Waals surface area (Å²) in [6.45, 7) is 0.113. The lowest BCUT2D eigenvalue weighted by Gasteiger charge is -2.13. The molecule has 0 aromatic heterocycles. The Kier molecular flexibility index (Phi) is 5.31. The third-order valence-electron chi connectivity index (χ3n) is 3.16. The van der Waals surface area contributed by atoms with Gasteiger partial charge >= 0.3 is 18.0 Å². The molecular formula is C14H16N2O6. The Morgan fingerprint density at radius 3 is 2.73 bits per heavy atom. The van der Waals surface area contributed by atoms with E-state index in [2.05, 4.69) is 4.84 Å². The minimum absolute atomic E-state index is 0.0246. The van der Waals surface area contributed by atoms with Crippen molar-refractivity contribution in [3.05, 3.63) is 35.9 Å². The van der Waals surface area contributed by atoms with E-state index in [0.29, 0.717) is 0 Å². The van der Waals surface area contributed by atoms with Crippen LogP contribution in [0.1, 0.15) is 18.4 Å². The van der Waals surface area contributed by atoms with Gasteiger partial charge in [-0.05, 0) is 12.0 Å². The molecule has 1 heterocycles. The number of ether oxygens (including phenoxy) is 1. The van der Waals surface area contributed by atoms with Gasteiger partial charge in [-0.3, -0.25) is 4.79 Å². The smallest absolute Gasteiger partial charge is 0.442 e. The standard InChI is InChI=1S/C14H16N2O6/c15-21-12(17)7-6-11-8-16(22-13(11)18)14(19)20-9-10-4-2-1-3-5-10/h1-5,11H,6-9,15H2. The van der Waals surface area contributed by atoms with Gasteiger partial charge in [-0.15, -0.1) is 5.06 Å². The number of hydroxylamine groups is 2. The maximum absolute atomic E-state index is 11.8. The largest absolute Gasteiger partial charge is 0.443 e. The van der Waals surface area contributed by atoms with Crippen LogP contribution in [0, 0.1) is 5.92 Å². The number of carbonyl (C=O) groups excluding carboxylic acids is 3. The first kappa shape index (κ1) is 15.8. The molecule has 1 unspecified atom stereocenters. The molecule has 0 bridgehead atoms. The number of hydrogen-bond donors (Lipinski definition) is 1. The Morgan fingerprint density at radius 1 is 1.32 bits per heavy atom. The summed E-state index contributed by atoms with van der Waals surface area (Å²) < 4.78 is 5.05. The third-order valence-corrected chi connectivity index (χ3v) is 3.16. The molecule has 8 nitrogen and oxygen atoms in total. The van der Waals surface area contributed by atoms with Gasteiger partial charge in [0.05, 0.1) is 12.5 Å². The molecule has 1 aromatic carbocycles. The van der Waals surface area contributed by atoms with Crippen molar-refractivity contribution in [2.45, 2.75) is 19.4 Å². The van der Waals surface area contributed by atoms with Crippen LogP contribution in [0.4, 0.5) is 4.79 Å².